The minimum absolute atomic E-state index is 0.640. The van der Waals surface area contributed by atoms with Gasteiger partial charge in [-0.25, -0.2) is 0 Å². The van der Waals surface area contributed by atoms with Gasteiger partial charge in [-0.2, -0.15) is 4.98 Å². The molecular weight excluding hydrogens is 272 g/mol. The Bertz CT molecular complexity index is 731. The molecule has 0 spiro atoms. The number of H-pyrrole nitrogens is 1. The van der Waals surface area contributed by atoms with Gasteiger partial charge in [-0.05, 0) is 24.4 Å². The molecular formula is C11H9ClN4OS. The Labute approximate surface area is 112 Å². The van der Waals surface area contributed by atoms with E-state index in [-0.39, 0.29) is 0 Å². The highest BCUT2D eigenvalue weighted by Crippen LogP contribution is 2.22. The Kier molecular flexibility index (Phi) is 2.89. The molecule has 5 nitrogen and oxygen atoms in total. The van der Waals surface area contributed by atoms with Gasteiger partial charge < -0.3 is 14.1 Å². The summed E-state index contributed by atoms with van der Waals surface area (Å²) >= 11 is 11.4. The van der Waals surface area contributed by atoms with E-state index < -0.39 is 0 Å². The number of para-hydroxylation sites is 1. The third-order valence-corrected chi connectivity index (χ3v) is 3.36. The highest BCUT2D eigenvalue weighted by atomic mass is 35.5. The molecule has 0 fully saturated rings. The fourth-order valence-electron chi connectivity index (χ4n) is 1.88. The zero-order valence-corrected chi connectivity index (χ0v) is 10.8. The number of hydrogen-bond acceptors (Lipinski definition) is 4. The molecule has 0 aliphatic rings. The van der Waals surface area contributed by atoms with Crippen LogP contribution in [0, 0.1) is 4.77 Å². The molecule has 1 aromatic carbocycles. The smallest absolute Gasteiger partial charge is 0.213 e. The van der Waals surface area contributed by atoms with Crippen LogP contribution in [0.4, 0.5) is 0 Å². The molecule has 2 heterocycles. The Morgan fingerprint density at radius 1 is 1.44 bits per heavy atom. The number of rotatable bonds is 3. The van der Waals surface area contributed by atoms with Crippen LogP contribution in [0.2, 0.25) is 5.02 Å². The molecule has 0 unspecified atom stereocenters. The Hall–Kier alpha value is -1.66. The van der Waals surface area contributed by atoms with Crippen LogP contribution in [0.15, 0.2) is 29.1 Å². The van der Waals surface area contributed by atoms with E-state index in [0.29, 0.717) is 28.6 Å². The number of imidazole rings is 1. The minimum atomic E-state index is 0.640. The van der Waals surface area contributed by atoms with Crippen LogP contribution < -0.4 is 0 Å². The van der Waals surface area contributed by atoms with Crippen molar-refractivity contribution in [2.75, 3.05) is 0 Å². The molecule has 2 aromatic heterocycles. The van der Waals surface area contributed by atoms with Gasteiger partial charge in [0.15, 0.2) is 10.6 Å². The normalized spacial score (nSPS) is 11.2. The number of aryl methyl sites for hydroxylation is 2. The van der Waals surface area contributed by atoms with Crippen molar-refractivity contribution in [3.8, 4) is 0 Å². The van der Waals surface area contributed by atoms with Crippen LogP contribution in [0.5, 0.6) is 0 Å². The fraction of sp³-hybridized carbons (Fsp3) is 0.182. The van der Waals surface area contributed by atoms with Crippen molar-refractivity contribution in [3.63, 3.8) is 0 Å². The number of halogens is 1. The van der Waals surface area contributed by atoms with E-state index in [1.165, 1.54) is 6.39 Å². The minimum Gasteiger partial charge on any atom is -0.343 e. The maximum absolute atomic E-state index is 6.11. The van der Waals surface area contributed by atoms with Gasteiger partial charge in [0.2, 0.25) is 6.39 Å². The van der Waals surface area contributed by atoms with E-state index in [2.05, 4.69) is 15.1 Å². The lowest BCUT2D eigenvalue weighted by Gasteiger charge is -2.02. The summed E-state index contributed by atoms with van der Waals surface area (Å²) in [6.45, 7) is 0.679. The maximum atomic E-state index is 6.11. The first kappa shape index (κ1) is 11.4. The van der Waals surface area contributed by atoms with E-state index in [1.54, 1.807) is 0 Å². The number of nitrogens with one attached hydrogen (secondary N) is 1. The predicted molar refractivity (Wildman–Crippen MR) is 70.1 cm³/mol. The molecule has 3 rings (SSSR count). The molecule has 0 saturated heterocycles. The summed E-state index contributed by atoms with van der Waals surface area (Å²) < 4.78 is 7.32. The molecule has 1 N–H and O–H groups in total. The fourth-order valence-corrected chi connectivity index (χ4v) is 2.39. The van der Waals surface area contributed by atoms with Gasteiger partial charge in [0.05, 0.1) is 16.1 Å². The average Bonchev–Trinajstić information content (AvgIpc) is 2.95. The summed E-state index contributed by atoms with van der Waals surface area (Å²) in [6, 6.07) is 5.71. The van der Waals surface area contributed by atoms with Crippen LogP contribution in [0.3, 0.4) is 0 Å². The number of nitrogens with zero attached hydrogens (tertiary/aromatic N) is 3. The molecule has 0 atom stereocenters. The molecule has 0 saturated carbocycles. The van der Waals surface area contributed by atoms with Crippen LogP contribution in [0.25, 0.3) is 11.0 Å². The van der Waals surface area contributed by atoms with Gasteiger partial charge in [-0.1, -0.05) is 22.8 Å². The van der Waals surface area contributed by atoms with Crippen molar-refractivity contribution < 1.29 is 4.52 Å². The van der Waals surface area contributed by atoms with Gasteiger partial charge in [-0.3, -0.25) is 0 Å². The molecule has 0 aliphatic carbocycles. The zero-order chi connectivity index (χ0) is 12.5. The summed E-state index contributed by atoms with van der Waals surface area (Å²) in [5, 5.41) is 4.44. The quantitative estimate of drug-likeness (QED) is 0.749. The molecule has 0 amide bonds. The van der Waals surface area contributed by atoms with E-state index in [9.17, 15) is 0 Å². The number of hydrogen-bond donors (Lipinski definition) is 1. The lowest BCUT2D eigenvalue weighted by Crippen LogP contribution is -2.02. The summed E-state index contributed by atoms with van der Waals surface area (Å²) in [5.74, 6) is 0.660. The van der Waals surface area contributed by atoms with Crippen LogP contribution in [-0.2, 0) is 13.0 Å². The van der Waals surface area contributed by atoms with Gasteiger partial charge in [0.1, 0.15) is 0 Å². The third kappa shape index (κ3) is 1.93. The Morgan fingerprint density at radius 3 is 3.11 bits per heavy atom. The predicted octanol–water partition coefficient (Wildman–Crippen LogP) is 2.98. The SMILES string of the molecule is S=c1[nH]c2c(Cl)cccc2n1CCc1ncon1. The Morgan fingerprint density at radius 2 is 2.33 bits per heavy atom. The first-order valence-electron chi connectivity index (χ1n) is 5.38. The van der Waals surface area contributed by atoms with Crippen molar-refractivity contribution in [2.24, 2.45) is 0 Å². The molecule has 0 aliphatic heterocycles. The molecule has 7 heteroatoms. The van der Waals surface area contributed by atoms with Gasteiger partial charge in [0, 0.05) is 13.0 Å². The van der Waals surface area contributed by atoms with Crippen LogP contribution in [0.1, 0.15) is 5.82 Å². The van der Waals surface area contributed by atoms with Crippen molar-refractivity contribution >= 4 is 34.9 Å². The topological polar surface area (TPSA) is 59.6 Å². The summed E-state index contributed by atoms with van der Waals surface area (Å²) in [5.41, 5.74) is 1.84. The highest BCUT2D eigenvalue weighted by Gasteiger charge is 2.08. The lowest BCUT2D eigenvalue weighted by molar-refractivity contribution is 0.408. The number of fused-ring (bicyclic) bond motifs is 1. The first-order valence-corrected chi connectivity index (χ1v) is 6.16. The molecule has 0 bridgehead atoms. The summed E-state index contributed by atoms with van der Waals surface area (Å²) in [6.07, 6.45) is 1.98. The lowest BCUT2D eigenvalue weighted by atomic mass is 10.3. The van der Waals surface area contributed by atoms with Crippen molar-refractivity contribution in [2.45, 2.75) is 13.0 Å². The summed E-state index contributed by atoms with van der Waals surface area (Å²) in [4.78, 5) is 7.09. The first-order chi connectivity index (χ1) is 8.75. The van der Waals surface area contributed by atoms with Crippen LogP contribution in [-0.4, -0.2) is 19.7 Å². The monoisotopic (exact) mass is 280 g/mol. The average molecular weight is 281 g/mol. The van der Waals surface area contributed by atoms with Crippen molar-refractivity contribution in [3.05, 3.63) is 40.2 Å². The van der Waals surface area contributed by atoms with E-state index in [1.807, 2.05) is 22.8 Å². The van der Waals surface area contributed by atoms with Gasteiger partial charge in [0.25, 0.3) is 0 Å². The molecule has 0 radical (unpaired) electrons. The molecule has 18 heavy (non-hydrogen) atoms. The summed E-state index contributed by atoms with van der Waals surface area (Å²) in [7, 11) is 0. The molecule has 3 aromatic rings. The van der Waals surface area contributed by atoms with Gasteiger partial charge in [-0.15, -0.1) is 0 Å². The number of aromatic amines is 1. The second-order valence-electron chi connectivity index (χ2n) is 3.81. The molecule has 92 valence electrons. The van der Waals surface area contributed by atoms with Crippen molar-refractivity contribution in [1.82, 2.24) is 19.7 Å². The van der Waals surface area contributed by atoms with E-state index in [0.717, 1.165) is 11.0 Å². The maximum Gasteiger partial charge on any atom is 0.213 e. The van der Waals surface area contributed by atoms with E-state index in [4.69, 9.17) is 28.3 Å². The second kappa shape index (κ2) is 4.55. The number of benzene rings is 1. The standard InChI is InChI=1S/C11H9ClN4OS/c12-7-2-1-3-8-10(7)14-11(18)16(8)5-4-9-13-6-17-15-9/h1-3,6H,4-5H2,(H,14,18). The third-order valence-electron chi connectivity index (χ3n) is 2.73. The van der Waals surface area contributed by atoms with Crippen LogP contribution >= 0.6 is 23.8 Å². The van der Waals surface area contributed by atoms with E-state index >= 15 is 0 Å². The highest BCUT2D eigenvalue weighted by molar-refractivity contribution is 7.71. The second-order valence-corrected chi connectivity index (χ2v) is 4.61. The van der Waals surface area contributed by atoms with Gasteiger partial charge >= 0.3 is 0 Å². The van der Waals surface area contributed by atoms with Crippen molar-refractivity contribution in [1.29, 1.82) is 0 Å². The largest absolute Gasteiger partial charge is 0.343 e. The number of aromatic nitrogens is 4. The Balaban J connectivity index is 1.99. The zero-order valence-electron chi connectivity index (χ0n) is 9.26.